The molecule has 5 N–H and O–H groups in total. The van der Waals surface area contributed by atoms with Gasteiger partial charge in [-0.05, 0) is 18.1 Å². The standard InChI is InChI=1S/C15H20N4O2.ClH/c1-17-14(20)6-7-18-15(21)12(16)8-10-9-19-13-5-3-2-4-11(10)13;/h2-5,9,12,19H,6-8,16H2,1H3,(H,17,20)(H,18,21);1H/t12-;/m0./s1. The third-order valence-electron chi connectivity index (χ3n) is 3.38. The summed E-state index contributed by atoms with van der Waals surface area (Å²) in [6, 6.07) is 7.25. The van der Waals surface area contributed by atoms with Gasteiger partial charge in [0.25, 0.3) is 0 Å². The number of halogens is 1. The highest BCUT2D eigenvalue weighted by molar-refractivity contribution is 5.86. The first-order chi connectivity index (χ1) is 10.1. The zero-order valence-electron chi connectivity index (χ0n) is 12.4. The Balaban J connectivity index is 0.00000242. The Morgan fingerprint density at radius 2 is 2.05 bits per heavy atom. The molecule has 0 aliphatic carbocycles. The van der Waals surface area contributed by atoms with Crippen LogP contribution in [0.3, 0.4) is 0 Å². The Morgan fingerprint density at radius 3 is 2.77 bits per heavy atom. The second kappa shape index (κ2) is 8.41. The zero-order chi connectivity index (χ0) is 15.2. The van der Waals surface area contributed by atoms with Crippen molar-refractivity contribution in [3.63, 3.8) is 0 Å². The van der Waals surface area contributed by atoms with Gasteiger partial charge >= 0.3 is 0 Å². The highest BCUT2D eigenvalue weighted by Crippen LogP contribution is 2.18. The van der Waals surface area contributed by atoms with E-state index in [1.54, 1.807) is 7.05 Å². The van der Waals surface area contributed by atoms with Crippen molar-refractivity contribution >= 4 is 35.1 Å². The van der Waals surface area contributed by atoms with Crippen LogP contribution in [0.4, 0.5) is 0 Å². The molecule has 1 atom stereocenters. The fourth-order valence-corrected chi connectivity index (χ4v) is 2.19. The number of hydrogen-bond donors (Lipinski definition) is 4. The fraction of sp³-hybridized carbons (Fsp3) is 0.333. The maximum Gasteiger partial charge on any atom is 0.237 e. The molecule has 0 spiro atoms. The van der Waals surface area contributed by atoms with Crippen LogP contribution in [-0.4, -0.2) is 36.4 Å². The summed E-state index contributed by atoms with van der Waals surface area (Å²) < 4.78 is 0. The third kappa shape index (κ3) is 4.47. The van der Waals surface area contributed by atoms with Crippen molar-refractivity contribution in [1.82, 2.24) is 15.6 Å². The van der Waals surface area contributed by atoms with E-state index < -0.39 is 6.04 Å². The van der Waals surface area contributed by atoms with Gasteiger partial charge in [-0.25, -0.2) is 0 Å². The summed E-state index contributed by atoms with van der Waals surface area (Å²) in [5.74, 6) is -0.357. The first-order valence-corrected chi connectivity index (χ1v) is 6.90. The first-order valence-electron chi connectivity index (χ1n) is 6.90. The number of aromatic nitrogens is 1. The monoisotopic (exact) mass is 324 g/mol. The molecule has 0 fully saturated rings. The van der Waals surface area contributed by atoms with E-state index in [0.29, 0.717) is 13.0 Å². The lowest BCUT2D eigenvalue weighted by Crippen LogP contribution is -2.43. The first kappa shape index (κ1) is 18.0. The molecule has 0 saturated carbocycles. The largest absolute Gasteiger partial charge is 0.361 e. The van der Waals surface area contributed by atoms with Crippen molar-refractivity contribution in [1.29, 1.82) is 0 Å². The van der Waals surface area contributed by atoms with Gasteiger partial charge in [0.15, 0.2) is 0 Å². The highest BCUT2D eigenvalue weighted by atomic mass is 35.5. The number of rotatable bonds is 6. The van der Waals surface area contributed by atoms with Crippen LogP contribution < -0.4 is 16.4 Å². The van der Waals surface area contributed by atoms with Gasteiger partial charge in [-0.15, -0.1) is 12.4 Å². The molecule has 0 aliphatic rings. The number of benzene rings is 1. The summed E-state index contributed by atoms with van der Waals surface area (Å²) in [6.45, 7) is 0.292. The van der Waals surface area contributed by atoms with Gasteiger partial charge in [0, 0.05) is 37.1 Å². The second-order valence-electron chi connectivity index (χ2n) is 4.88. The van der Waals surface area contributed by atoms with E-state index in [1.165, 1.54) is 0 Å². The van der Waals surface area contributed by atoms with Crippen molar-refractivity contribution in [2.24, 2.45) is 5.73 Å². The van der Waals surface area contributed by atoms with Gasteiger partial charge in [0.1, 0.15) is 0 Å². The number of nitrogens with two attached hydrogens (primary N) is 1. The predicted molar refractivity (Wildman–Crippen MR) is 88.9 cm³/mol. The molecule has 7 heteroatoms. The average Bonchev–Trinajstić information content (AvgIpc) is 2.90. The van der Waals surface area contributed by atoms with Gasteiger partial charge in [0.2, 0.25) is 11.8 Å². The Kier molecular flexibility index (Phi) is 6.88. The van der Waals surface area contributed by atoms with Crippen LogP contribution in [-0.2, 0) is 16.0 Å². The Hall–Kier alpha value is -2.05. The van der Waals surface area contributed by atoms with Crippen molar-refractivity contribution < 1.29 is 9.59 Å². The highest BCUT2D eigenvalue weighted by Gasteiger charge is 2.16. The molecule has 1 aromatic heterocycles. The zero-order valence-corrected chi connectivity index (χ0v) is 13.2. The molecular weight excluding hydrogens is 304 g/mol. The summed E-state index contributed by atoms with van der Waals surface area (Å²) in [7, 11) is 1.56. The minimum Gasteiger partial charge on any atom is -0.361 e. The molecule has 22 heavy (non-hydrogen) atoms. The van der Waals surface area contributed by atoms with Gasteiger partial charge < -0.3 is 21.4 Å². The summed E-state index contributed by atoms with van der Waals surface area (Å²) in [4.78, 5) is 26.1. The number of para-hydroxylation sites is 1. The number of H-pyrrole nitrogens is 1. The molecule has 2 aromatic rings. The molecule has 0 unspecified atom stereocenters. The summed E-state index contributed by atoms with van der Waals surface area (Å²) in [5.41, 5.74) is 7.96. The number of carbonyl (C=O) groups excluding carboxylic acids is 2. The molecule has 0 radical (unpaired) electrons. The van der Waals surface area contributed by atoms with Crippen molar-refractivity contribution in [3.05, 3.63) is 36.0 Å². The fourth-order valence-electron chi connectivity index (χ4n) is 2.19. The maximum atomic E-state index is 11.9. The number of hydrogen-bond acceptors (Lipinski definition) is 3. The summed E-state index contributed by atoms with van der Waals surface area (Å²) in [5, 5.41) is 6.25. The van der Waals surface area contributed by atoms with Gasteiger partial charge in [0.05, 0.1) is 6.04 Å². The minimum atomic E-state index is -0.631. The molecule has 0 aliphatic heterocycles. The van der Waals surface area contributed by atoms with Crippen molar-refractivity contribution in [3.8, 4) is 0 Å². The number of carbonyl (C=O) groups is 2. The molecule has 0 saturated heterocycles. The van der Waals surface area contributed by atoms with E-state index in [-0.39, 0.29) is 30.6 Å². The van der Waals surface area contributed by atoms with Crippen LogP contribution in [0.1, 0.15) is 12.0 Å². The summed E-state index contributed by atoms with van der Waals surface area (Å²) >= 11 is 0. The van der Waals surface area contributed by atoms with Crippen LogP contribution in [0.2, 0.25) is 0 Å². The molecule has 1 heterocycles. The molecular formula is C15H21ClN4O2. The molecule has 2 rings (SSSR count). The van der Waals surface area contributed by atoms with E-state index in [2.05, 4.69) is 15.6 Å². The molecule has 1 aromatic carbocycles. The van der Waals surface area contributed by atoms with Crippen LogP contribution in [0, 0.1) is 0 Å². The minimum absolute atomic E-state index is 0. The lowest BCUT2D eigenvalue weighted by atomic mass is 10.1. The lowest BCUT2D eigenvalue weighted by Gasteiger charge is -2.11. The Labute approximate surface area is 135 Å². The van der Waals surface area contributed by atoms with Gasteiger partial charge in [-0.1, -0.05) is 18.2 Å². The van der Waals surface area contributed by atoms with E-state index in [0.717, 1.165) is 16.5 Å². The maximum absolute atomic E-state index is 11.9. The summed E-state index contributed by atoms with van der Waals surface area (Å²) in [6.07, 6.45) is 2.58. The number of aromatic amines is 1. The van der Waals surface area contributed by atoms with Crippen LogP contribution in [0.25, 0.3) is 10.9 Å². The van der Waals surface area contributed by atoms with Crippen LogP contribution in [0.5, 0.6) is 0 Å². The average molecular weight is 325 g/mol. The second-order valence-corrected chi connectivity index (χ2v) is 4.88. The number of fused-ring (bicyclic) bond motifs is 1. The smallest absolute Gasteiger partial charge is 0.237 e. The third-order valence-corrected chi connectivity index (χ3v) is 3.38. The topological polar surface area (TPSA) is 100 Å². The normalized spacial score (nSPS) is 11.5. The molecule has 0 bridgehead atoms. The number of amides is 2. The van der Waals surface area contributed by atoms with E-state index >= 15 is 0 Å². The molecule has 2 amide bonds. The SMILES string of the molecule is CNC(=O)CCNC(=O)[C@@H](N)Cc1c[nH]c2ccccc12.Cl. The van der Waals surface area contributed by atoms with Crippen molar-refractivity contribution in [2.75, 3.05) is 13.6 Å². The van der Waals surface area contributed by atoms with Crippen molar-refractivity contribution in [2.45, 2.75) is 18.9 Å². The lowest BCUT2D eigenvalue weighted by molar-refractivity contribution is -0.123. The molecule has 6 nitrogen and oxygen atoms in total. The van der Waals surface area contributed by atoms with E-state index in [1.807, 2.05) is 30.5 Å². The van der Waals surface area contributed by atoms with Crippen LogP contribution in [0.15, 0.2) is 30.5 Å². The number of nitrogens with one attached hydrogen (secondary N) is 3. The Bertz CT molecular complexity index is 641. The van der Waals surface area contributed by atoms with Gasteiger partial charge in [-0.2, -0.15) is 0 Å². The quantitative estimate of drug-likeness (QED) is 0.629. The molecule has 120 valence electrons. The van der Waals surface area contributed by atoms with Crippen LogP contribution >= 0.6 is 12.4 Å². The predicted octanol–water partition coefficient (Wildman–Crippen LogP) is 0.712. The van der Waals surface area contributed by atoms with E-state index in [9.17, 15) is 9.59 Å². The van der Waals surface area contributed by atoms with Gasteiger partial charge in [-0.3, -0.25) is 9.59 Å². The Morgan fingerprint density at radius 1 is 1.32 bits per heavy atom. The van der Waals surface area contributed by atoms with E-state index in [4.69, 9.17) is 5.73 Å².